The molecule has 3 heteroatoms. The molecule has 0 radical (unpaired) electrons. The maximum absolute atomic E-state index is 5.43. The van der Waals surface area contributed by atoms with Crippen LogP contribution in [0, 0.1) is 6.92 Å². The predicted octanol–water partition coefficient (Wildman–Crippen LogP) is 5.89. The summed E-state index contributed by atoms with van der Waals surface area (Å²) in [7, 11) is 3.36. The Hall–Kier alpha value is -3.33. The lowest BCUT2D eigenvalue weighted by Gasteiger charge is -2.12. The number of pyridine rings is 1. The minimum Gasteiger partial charge on any atom is -0.497 e. The maximum atomic E-state index is 5.43. The van der Waals surface area contributed by atoms with Gasteiger partial charge >= 0.3 is 0 Å². The van der Waals surface area contributed by atoms with Crippen LogP contribution in [0.25, 0.3) is 33.3 Å². The van der Waals surface area contributed by atoms with Crippen molar-refractivity contribution in [2.24, 2.45) is 0 Å². The highest BCUT2D eigenvalue weighted by Gasteiger charge is 2.11. The molecular weight excluding hydrogens is 334 g/mol. The lowest BCUT2D eigenvalue weighted by atomic mass is 9.97. The zero-order valence-electron chi connectivity index (χ0n) is 15.7. The van der Waals surface area contributed by atoms with E-state index < -0.39 is 0 Å². The van der Waals surface area contributed by atoms with Crippen molar-refractivity contribution in [3.63, 3.8) is 0 Å². The van der Waals surface area contributed by atoms with Crippen LogP contribution in [0.1, 0.15) is 5.56 Å². The number of rotatable bonds is 4. The van der Waals surface area contributed by atoms with E-state index in [2.05, 4.69) is 43.3 Å². The van der Waals surface area contributed by atoms with Crippen LogP contribution in [0.2, 0.25) is 0 Å². The Morgan fingerprint density at radius 1 is 0.667 bits per heavy atom. The topological polar surface area (TPSA) is 31.4 Å². The van der Waals surface area contributed by atoms with Gasteiger partial charge in [0.1, 0.15) is 11.5 Å². The molecule has 0 unspecified atom stereocenters. The largest absolute Gasteiger partial charge is 0.497 e. The molecule has 4 aromatic rings. The number of aryl methyl sites for hydroxylation is 1. The van der Waals surface area contributed by atoms with Gasteiger partial charge in [-0.1, -0.05) is 29.8 Å². The van der Waals surface area contributed by atoms with Gasteiger partial charge in [-0.3, -0.25) is 0 Å². The summed E-state index contributed by atoms with van der Waals surface area (Å²) in [5.74, 6) is 1.66. The molecule has 1 aromatic heterocycles. The second-order valence-corrected chi connectivity index (χ2v) is 6.53. The molecule has 0 aliphatic carbocycles. The first-order chi connectivity index (χ1) is 13.2. The van der Waals surface area contributed by atoms with Crippen LogP contribution in [0.4, 0.5) is 0 Å². The quantitative estimate of drug-likeness (QED) is 0.457. The van der Waals surface area contributed by atoms with Gasteiger partial charge in [0.05, 0.1) is 25.4 Å². The van der Waals surface area contributed by atoms with Crippen molar-refractivity contribution in [1.29, 1.82) is 0 Å². The lowest BCUT2D eigenvalue weighted by molar-refractivity contribution is 0.415. The van der Waals surface area contributed by atoms with Crippen molar-refractivity contribution in [1.82, 2.24) is 4.98 Å². The van der Waals surface area contributed by atoms with E-state index in [1.54, 1.807) is 14.2 Å². The maximum Gasteiger partial charge on any atom is 0.119 e. The van der Waals surface area contributed by atoms with E-state index >= 15 is 0 Å². The molecule has 134 valence electrons. The van der Waals surface area contributed by atoms with Gasteiger partial charge in [0.25, 0.3) is 0 Å². The van der Waals surface area contributed by atoms with Crippen LogP contribution in [-0.4, -0.2) is 19.2 Å². The molecule has 0 aliphatic heterocycles. The van der Waals surface area contributed by atoms with Crippen LogP contribution in [0.5, 0.6) is 11.5 Å². The van der Waals surface area contributed by atoms with Crippen LogP contribution >= 0.6 is 0 Å². The van der Waals surface area contributed by atoms with Gasteiger partial charge in [-0.05, 0) is 66.6 Å². The molecule has 0 saturated carbocycles. The van der Waals surface area contributed by atoms with Gasteiger partial charge in [0.2, 0.25) is 0 Å². The molecule has 1 heterocycles. The highest BCUT2D eigenvalue weighted by Crippen LogP contribution is 2.34. The van der Waals surface area contributed by atoms with Gasteiger partial charge < -0.3 is 9.47 Å². The van der Waals surface area contributed by atoms with Gasteiger partial charge in [-0.15, -0.1) is 0 Å². The molecule has 0 spiro atoms. The van der Waals surface area contributed by atoms with Crippen molar-refractivity contribution in [2.75, 3.05) is 14.2 Å². The SMILES string of the molecule is COc1ccc(-c2cc(-c3ccc(C)cc3)c3cc(OC)ccc3n2)cc1. The van der Waals surface area contributed by atoms with E-state index in [0.29, 0.717) is 0 Å². The normalized spacial score (nSPS) is 10.8. The summed E-state index contributed by atoms with van der Waals surface area (Å²) in [6, 6.07) is 24.7. The number of benzene rings is 3. The highest BCUT2D eigenvalue weighted by molar-refractivity contribution is 5.97. The minimum absolute atomic E-state index is 0.829. The van der Waals surface area contributed by atoms with E-state index in [0.717, 1.165) is 44.8 Å². The van der Waals surface area contributed by atoms with Crippen LogP contribution in [0.15, 0.2) is 72.8 Å². The summed E-state index contributed by atoms with van der Waals surface area (Å²) in [4.78, 5) is 4.88. The summed E-state index contributed by atoms with van der Waals surface area (Å²) in [5.41, 5.74) is 6.48. The van der Waals surface area contributed by atoms with Gasteiger partial charge in [-0.2, -0.15) is 0 Å². The Bertz CT molecular complexity index is 1080. The van der Waals surface area contributed by atoms with Gasteiger partial charge in [0.15, 0.2) is 0 Å². The van der Waals surface area contributed by atoms with Crippen molar-refractivity contribution in [3.8, 4) is 33.9 Å². The number of hydrogen-bond acceptors (Lipinski definition) is 3. The van der Waals surface area contributed by atoms with E-state index in [9.17, 15) is 0 Å². The lowest BCUT2D eigenvalue weighted by Crippen LogP contribution is -1.92. The number of hydrogen-bond donors (Lipinski definition) is 0. The molecule has 0 N–H and O–H groups in total. The molecule has 0 atom stereocenters. The predicted molar refractivity (Wildman–Crippen MR) is 110 cm³/mol. The number of fused-ring (bicyclic) bond motifs is 1. The van der Waals surface area contributed by atoms with Crippen LogP contribution in [-0.2, 0) is 0 Å². The first kappa shape index (κ1) is 17.1. The third kappa shape index (κ3) is 3.36. The Morgan fingerprint density at radius 2 is 1.30 bits per heavy atom. The minimum atomic E-state index is 0.829. The van der Waals surface area contributed by atoms with Crippen LogP contribution in [0.3, 0.4) is 0 Å². The van der Waals surface area contributed by atoms with Crippen molar-refractivity contribution >= 4 is 10.9 Å². The van der Waals surface area contributed by atoms with E-state index in [1.165, 1.54) is 5.56 Å². The first-order valence-corrected chi connectivity index (χ1v) is 8.88. The molecule has 3 aromatic carbocycles. The third-order valence-electron chi connectivity index (χ3n) is 4.76. The molecule has 0 amide bonds. The Labute approximate surface area is 159 Å². The van der Waals surface area contributed by atoms with Gasteiger partial charge in [0, 0.05) is 10.9 Å². The molecule has 0 saturated heterocycles. The monoisotopic (exact) mass is 355 g/mol. The smallest absolute Gasteiger partial charge is 0.119 e. The number of methoxy groups -OCH3 is 2. The fourth-order valence-electron chi connectivity index (χ4n) is 3.21. The standard InChI is InChI=1S/C24H21NO2/c1-16-4-6-17(7-5-16)21-15-24(18-8-10-19(26-2)11-9-18)25-23-13-12-20(27-3)14-22(21)23/h4-15H,1-3H3. The third-order valence-corrected chi connectivity index (χ3v) is 4.76. The first-order valence-electron chi connectivity index (χ1n) is 8.88. The van der Waals surface area contributed by atoms with E-state index in [4.69, 9.17) is 14.5 Å². The Balaban J connectivity index is 1.94. The molecule has 3 nitrogen and oxygen atoms in total. The molecule has 4 rings (SSSR count). The molecule has 27 heavy (non-hydrogen) atoms. The summed E-state index contributed by atoms with van der Waals surface area (Å²) < 4.78 is 10.7. The average Bonchev–Trinajstić information content (AvgIpc) is 2.73. The Morgan fingerprint density at radius 3 is 1.96 bits per heavy atom. The number of aromatic nitrogens is 1. The van der Waals surface area contributed by atoms with E-state index in [1.807, 2.05) is 36.4 Å². The molecule has 0 fully saturated rings. The summed E-state index contributed by atoms with van der Waals surface area (Å²) in [5, 5.41) is 1.08. The van der Waals surface area contributed by atoms with Crippen molar-refractivity contribution < 1.29 is 9.47 Å². The molecular formula is C24H21NO2. The second-order valence-electron chi connectivity index (χ2n) is 6.53. The fourth-order valence-corrected chi connectivity index (χ4v) is 3.21. The molecule has 0 aliphatic rings. The van der Waals surface area contributed by atoms with Crippen molar-refractivity contribution in [2.45, 2.75) is 6.92 Å². The van der Waals surface area contributed by atoms with Gasteiger partial charge in [-0.25, -0.2) is 4.98 Å². The average molecular weight is 355 g/mol. The molecule has 0 bridgehead atoms. The van der Waals surface area contributed by atoms with Crippen LogP contribution < -0.4 is 9.47 Å². The number of nitrogens with zero attached hydrogens (tertiary/aromatic N) is 1. The zero-order valence-corrected chi connectivity index (χ0v) is 15.7. The zero-order chi connectivity index (χ0) is 18.8. The summed E-state index contributed by atoms with van der Waals surface area (Å²) >= 11 is 0. The summed E-state index contributed by atoms with van der Waals surface area (Å²) in [6.45, 7) is 2.10. The number of ether oxygens (including phenoxy) is 2. The van der Waals surface area contributed by atoms with E-state index in [-0.39, 0.29) is 0 Å². The Kier molecular flexibility index (Phi) is 4.51. The van der Waals surface area contributed by atoms with Crippen molar-refractivity contribution in [3.05, 3.63) is 78.4 Å². The highest BCUT2D eigenvalue weighted by atomic mass is 16.5. The second kappa shape index (κ2) is 7.12. The summed E-state index contributed by atoms with van der Waals surface area (Å²) in [6.07, 6.45) is 0. The fraction of sp³-hybridized carbons (Fsp3) is 0.125.